The van der Waals surface area contributed by atoms with Gasteiger partial charge in [-0.3, -0.25) is 0 Å². The van der Waals surface area contributed by atoms with Crippen LogP contribution in [0.25, 0.3) is 109 Å². The Labute approximate surface area is 378 Å². The number of aliphatic imine (C=N–C) groups is 2. The molecular formula is C61H39N3O2. The van der Waals surface area contributed by atoms with Gasteiger partial charge in [0.2, 0.25) is 0 Å². The minimum Gasteiger partial charge on any atom is -0.456 e. The molecule has 5 nitrogen and oxygen atoms in total. The van der Waals surface area contributed by atoms with E-state index >= 15 is 0 Å². The fourth-order valence-electron chi connectivity index (χ4n) is 10.6. The van der Waals surface area contributed by atoms with Crippen LogP contribution in [0.1, 0.15) is 30.0 Å². The lowest BCUT2D eigenvalue weighted by Gasteiger charge is -2.20. The summed E-state index contributed by atoms with van der Waals surface area (Å²) in [7, 11) is 0. The maximum absolute atomic E-state index is 7.00. The van der Waals surface area contributed by atoms with Crippen LogP contribution in [0.5, 0.6) is 0 Å². The fourth-order valence-corrected chi connectivity index (χ4v) is 10.6. The summed E-state index contributed by atoms with van der Waals surface area (Å²) < 4.78 is 16.1. The Hall–Kier alpha value is -8.54. The van der Waals surface area contributed by atoms with E-state index in [1.165, 1.54) is 32.3 Å². The van der Waals surface area contributed by atoms with Gasteiger partial charge in [0.25, 0.3) is 0 Å². The van der Waals surface area contributed by atoms with E-state index in [-0.39, 0.29) is 5.92 Å². The zero-order valence-electron chi connectivity index (χ0n) is 36.0. The highest BCUT2D eigenvalue weighted by Crippen LogP contribution is 2.42. The molecule has 0 saturated heterocycles. The molecule has 0 radical (unpaired) electrons. The van der Waals surface area contributed by atoms with Crippen LogP contribution in [0.4, 0.5) is 0 Å². The Bertz CT molecular complexity index is 4290. The van der Waals surface area contributed by atoms with Crippen molar-refractivity contribution in [2.75, 3.05) is 0 Å². The number of rotatable bonds is 4. The Morgan fingerprint density at radius 1 is 0.455 bits per heavy atom. The highest BCUT2D eigenvalue weighted by molar-refractivity contribution is 6.26. The lowest BCUT2D eigenvalue weighted by Crippen LogP contribution is -2.18. The van der Waals surface area contributed by atoms with Gasteiger partial charge in [-0.2, -0.15) is 0 Å². The molecular weight excluding hydrogens is 807 g/mol. The van der Waals surface area contributed by atoms with E-state index in [0.717, 1.165) is 106 Å². The number of furan rings is 2. The standard InChI is InChI=1S/C61H39N3O2/c1-36-25-28-52(43-27-26-37-13-2-3-14-38(37)29-43)62-61(48-22-12-21-47-46-20-9-11-24-55(46)66-60(47)48)63-59(36)51-34-44(35-57-58(51)50-31-40-16-5-7-18-42(40)33-56(50)65-57)64-53-23-10-8-19-45(53)49-30-39-15-4-6-17-41(39)32-54(49)64/h2-24,26-36H,25H2,1H3/b52-28+,62-61-,63-59+. The molecule has 4 heterocycles. The van der Waals surface area contributed by atoms with Crippen molar-refractivity contribution in [3.63, 3.8) is 0 Å². The smallest absolute Gasteiger partial charge is 0.163 e. The fraction of sp³-hybridized carbons (Fsp3) is 0.0492. The second-order valence-electron chi connectivity index (χ2n) is 17.7. The highest BCUT2D eigenvalue weighted by Gasteiger charge is 2.26. The van der Waals surface area contributed by atoms with Crippen molar-refractivity contribution in [3.05, 3.63) is 217 Å². The topological polar surface area (TPSA) is 55.9 Å². The van der Waals surface area contributed by atoms with Gasteiger partial charge in [0.05, 0.1) is 33.7 Å². The molecule has 1 aliphatic heterocycles. The lowest BCUT2D eigenvalue weighted by molar-refractivity contribution is 0.668. The van der Waals surface area contributed by atoms with Crippen LogP contribution in [0, 0.1) is 5.92 Å². The van der Waals surface area contributed by atoms with Gasteiger partial charge in [-0.1, -0.05) is 146 Å². The molecule has 1 aliphatic rings. The Morgan fingerprint density at radius 2 is 1.12 bits per heavy atom. The summed E-state index contributed by atoms with van der Waals surface area (Å²) in [4.78, 5) is 11.4. The molecule has 310 valence electrons. The number of allylic oxidation sites excluding steroid dienone is 1. The van der Waals surface area contributed by atoms with E-state index in [4.69, 9.17) is 18.8 Å². The first-order valence-corrected chi connectivity index (χ1v) is 22.7. The molecule has 14 rings (SSSR count). The van der Waals surface area contributed by atoms with Gasteiger partial charge in [-0.05, 0) is 93.3 Å². The summed E-state index contributed by atoms with van der Waals surface area (Å²) in [6.45, 7) is 2.29. The number of hydrogen-bond donors (Lipinski definition) is 0. The number of para-hydroxylation sites is 3. The predicted octanol–water partition coefficient (Wildman–Crippen LogP) is 16.4. The van der Waals surface area contributed by atoms with Crippen molar-refractivity contribution in [1.29, 1.82) is 0 Å². The second-order valence-corrected chi connectivity index (χ2v) is 17.7. The van der Waals surface area contributed by atoms with Gasteiger partial charge >= 0.3 is 0 Å². The van der Waals surface area contributed by atoms with Crippen molar-refractivity contribution in [3.8, 4) is 5.69 Å². The zero-order valence-corrected chi connectivity index (χ0v) is 36.0. The number of hydrogen-bond acceptors (Lipinski definition) is 4. The van der Waals surface area contributed by atoms with Gasteiger partial charge in [-0.25, -0.2) is 9.98 Å². The van der Waals surface area contributed by atoms with Crippen LogP contribution in [-0.2, 0) is 0 Å². The summed E-state index contributed by atoms with van der Waals surface area (Å²) in [6.07, 6.45) is 3.01. The van der Waals surface area contributed by atoms with Crippen LogP contribution in [0.3, 0.4) is 0 Å². The summed E-state index contributed by atoms with van der Waals surface area (Å²) in [5.41, 5.74) is 11.2. The molecule has 10 aromatic carbocycles. The maximum atomic E-state index is 7.00. The molecule has 0 saturated carbocycles. The zero-order chi connectivity index (χ0) is 43.5. The summed E-state index contributed by atoms with van der Waals surface area (Å²) >= 11 is 0. The minimum absolute atomic E-state index is 0.0215. The molecule has 13 aromatic rings. The SMILES string of the molecule is CC1C/C=C(c2ccc3ccccc3c2)/N=C(c2cccc3c2oc2ccccc23)\N=C/1c1cc(-n2c3ccccc3c3cc4ccccc4cc32)cc2oc3cc4ccccc4cc3c12. The molecule has 0 amide bonds. The molecule has 1 unspecified atom stereocenters. The predicted molar refractivity (Wildman–Crippen MR) is 276 cm³/mol. The molecule has 5 heteroatoms. The van der Waals surface area contributed by atoms with Gasteiger partial charge in [0.15, 0.2) is 5.84 Å². The maximum Gasteiger partial charge on any atom is 0.163 e. The van der Waals surface area contributed by atoms with Gasteiger partial charge in [-0.15, -0.1) is 0 Å². The largest absolute Gasteiger partial charge is 0.456 e. The molecule has 0 N–H and O–H groups in total. The lowest BCUT2D eigenvalue weighted by atomic mass is 9.90. The number of nitrogens with zero attached hydrogens (tertiary/aromatic N) is 3. The highest BCUT2D eigenvalue weighted by atomic mass is 16.3. The third-order valence-corrected chi connectivity index (χ3v) is 13.8. The van der Waals surface area contributed by atoms with Crippen molar-refractivity contribution in [2.24, 2.45) is 15.9 Å². The van der Waals surface area contributed by atoms with Crippen LogP contribution in [0.15, 0.2) is 219 Å². The summed E-state index contributed by atoms with van der Waals surface area (Å²) in [5, 5.41) is 13.7. The van der Waals surface area contributed by atoms with Crippen molar-refractivity contribution in [2.45, 2.75) is 13.3 Å². The van der Waals surface area contributed by atoms with E-state index in [9.17, 15) is 0 Å². The Morgan fingerprint density at radius 3 is 1.94 bits per heavy atom. The average Bonchev–Trinajstić information content (AvgIpc) is 4.02. The number of benzene rings is 10. The number of amidine groups is 1. The summed E-state index contributed by atoms with van der Waals surface area (Å²) in [5.74, 6) is 0.576. The summed E-state index contributed by atoms with van der Waals surface area (Å²) in [6, 6.07) is 69.2. The first kappa shape index (κ1) is 36.9. The number of fused-ring (bicyclic) bond motifs is 12. The van der Waals surface area contributed by atoms with Gasteiger partial charge < -0.3 is 13.4 Å². The monoisotopic (exact) mass is 845 g/mol. The van der Waals surface area contributed by atoms with Crippen molar-refractivity contribution < 1.29 is 8.83 Å². The van der Waals surface area contributed by atoms with E-state index < -0.39 is 0 Å². The molecule has 0 bridgehead atoms. The molecule has 0 spiro atoms. The van der Waals surface area contributed by atoms with E-state index in [0.29, 0.717) is 5.84 Å². The quantitative estimate of drug-likeness (QED) is 0.177. The van der Waals surface area contributed by atoms with Crippen molar-refractivity contribution >= 4 is 115 Å². The molecule has 3 aromatic heterocycles. The number of aromatic nitrogens is 1. The van der Waals surface area contributed by atoms with Gasteiger partial charge in [0, 0.05) is 55.4 Å². The Balaban J connectivity index is 1.08. The Kier molecular flexibility index (Phi) is 7.96. The van der Waals surface area contributed by atoms with Gasteiger partial charge in [0.1, 0.15) is 22.3 Å². The van der Waals surface area contributed by atoms with Crippen LogP contribution >= 0.6 is 0 Å². The normalized spacial score (nSPS) is 17.2. The first-order chi connectivity index (χ1) is 32.6. The van der Waals surface area contributed by atoms with E-state index in [1.807, 2.05) is 12.1 Å². The van der Waals surface area contributed by atoms with Crippen molar-refractivity contribution in [1.82, 2.24) is 4.57 Å². The first-order valence-electron chi connectivity index (χ1n) is 22.7. The third-order valence-electron chi connectivity index (χ3n) is 13.8. The van der Waals surface area contributed by atoms with Crippen LogP contribution in [-0.4, -0.2) is 16.1 Å². The van der Waals surface area contributed by atoms with E-state index in [1.54, 1.807) is 0 Å². The van der Waals surface area contributed by atoms with Crippen LogP contribution < -0.4 is 0 Å². The average molecular weight is 846 g/mol. The van der Waals surface area contributed by atoms with E-state index in [2.05, 4.69) is 200 Å². The third kappa shape index (κ3) is 5.66. The molecule has 66 heavy (non-hydrogen) atoms. The molecule has 0 aliphatic carbocycles. The second kappa shape index (κ2) is 14.2. The van der Waals surface area contributed by atoms with Crippen LogP contribution in [0.2, 0.25) is 0 Å². The minimum atomic E-state index is -0.0215. The molecule has 1 atom stereocenters. The molecule has 0 fully saturated rings.